The van der Waals surface area contributed by atoms with Crippen LogP contribution in [0.15, 0.2) is 6.07 Å². The molecular weight excluding hydrogens is 242 g/mol. The number of hydrogen-bond acceptors (Lipinski definition) is 3. The summed E-state index contributed by atoms with van der Waals surface area (Å²) in [4.78, 5) is 12.1. The molecule has 1 aliphatic rings. The fourth-order valence-corrected chi connectivity index (χ4v) is 2.61. The number of nitrogens with zero attached hydrogens (tertiary/aromatic N) is 2. The Labute approximate surface area is 114 Å². The smallest absolute Gasteiger partial charge is 0.272 e. The van der Waals surface area contributed by atoms with Crippen molar-refractivity contribution in [1.29, 1.82) is 0 Å². The van der Waals surface area contributed by atoms with E-state index < -0.39 is 0 Å². The molecule has 106 valence electrons. The van der Waals surface area contributed by atoms with Crippen LogP contribution >= 0.6 is 0 Å². The normalized spacial score (nSPS) is 23.6. The van der Waals surface area contributed by atoms with Crippen molar-refractivity contribution >= 4 is 5.91 Å². The molecule has 5 heteroatoms. The Morgan fingerprint density at radius 1 is 1.42 bits per heavy atom. The summed E-state index contributed by atoms with van der Waals surface area (Å²) in [6.45, 7) is 4.17. The minimum atomic E-state index is -0.199. The first-order valence-corrected chi connectivity index (χ1v) is 7.00. The van der Waals surface area contributed by atoms with Crippen LogP contribution in [0.25, 0.3) is 0 Å². The number of nitrogens with one attached hydrogen (secondary N) is 1. The van der Waals surface area contributed by atoms with Gasteiger partial charge in [0.15, 0.2) is 0 Å². The Bertz CT molecular complexity index is 446. The number of amides is 1. The number of carbonyl (C=O) groups excluding carboxylic acids is 1. The topological polar surface area (TPSA) is 67.2 Å². The number of hydrogen-bond donors (Lipinski definition) is 2. The highest BCUT2D eigenvalue weighted by molar-refractivity contribution is 5.92. The van der Waals surface area contributed by atoms with Gasteiger partial charge in [-0.3, -0.25) is 9.48 Å². The zero-order chi connectivity index (χ0) is 14.0. The van der Waals surface area contributed by atoms with E-state index in [2.05, 4.69) is 24.3 Å². The summed E-state index contributed by atoms with van der Waals surface area (Å²) < 4.78 is 1.77. The minimum absolute atomic E-state index is 0.108. The molecular formula is C14H23N3O2. The molecule has 1 aliphatic carbocycles. The predicted molar refractivity (Wildman–Crippen MR) is 73.0 cm³/mol. The summed E-state index contributed by atoms with van der Waals surface area (Å²) in [6.07, 6.45) is 3.03. The zero-order valence-electron chi connectivity index (χ0n) is 11.9. The van der Waals surface area contributed by atoms with Crippen molar-refractivity contribution in [2.75, 3.05) is 0 Å². The van der Waals surface area contributed by atoms with Crippen molar-refractivity contribution in [3.8, 4) is 0 Å². The minimum Gasteiger partial charge on any atom is -0.393 e. The molecule has 5 nitrogen and oxygen atoms in total. The third kappa shape index (κ3) is 3.35. The summed E-state index contributed by atoms with van der Waals surface area (Å²) in [5.74, 6) is 0.243. The summed E-state index contributed by atoms with van der Waals surface area (Å²) in [5.41, 5.74) is 1.54. The van der Waals surface area contributed by atoms with Gasteiger partial charge in [-0.2, -0.15) is 5.10 Å². The first kappa shape index (κ1) is 14.1. The molecule has 2 rings (SSSR count). The van der Waals surface area contributed by atoms with Gasteiger partial charge in [0.2, 0.25) is 0 Å². The molecule has 0 radical (unpaired) electrons. The fraction of sp³-hybridized carbons (Fsp3) is 0.714. The molecule has 1 heterocycles. The third-order valence-electron chi connectivity index (χ3n) is 3.77. The van der Waals surface area contributed by atoms with Crippen LogP contribution in [0.5, 0.6) is 0 Å². The Morgan fingerprint density at radius 2 is 2.05 bits per heavy atom. The van der Waals surface area contributed by atoms with Gasteiger partial charge in [0.05, 0.1) is 6.10 Å². The number of aryl methyl sites for hydroxylation is 1. The Balaban J connectivity index is 1.98. The van der Waals surface area contributed by atoms with E-state index in [1.807, 2.05) is 13.1 Å². The highest BCUT2D eigenvalue weighted by atomic mass is 16.3. The molecule has 0 aromatic carbocycles. The molecule has 2 N–H and O–H groups in total. The van der Waals surface area contributed by atoms with Crippen LogP contribution < -0.4 is 5.32 Å². The van der Waals surface area contributed by atoms with Gasteiger partial charge in [0, 0.05) is 18.8 Å². The monoisotopic (exact) mass is 265 g/mol. The number of aliphatic hydroxyl groups is 1. The van der Waals surface area contributed by atoms with Crippen LogP contribution in [0.3, 0.4) is 0 Å². The molecule has 0 atom stereocenters. The lowest BCUT2D eigenvalue weighted by Crippen LogP contribution is -2.38. The van der Waals surface area contributed by atoms with E-state index >= 15 is 0 Å². The van der Waals surface area contributed by atoms with E-state index in [1.54, 1.807) is 4.68 Å². The lowest BCUT2D eigenvalue weighted by atomic mass is 9.93. The average Bonchev–Trinajstić information content (AvgIpc) is 2.74. The first-order valence-electron chi connectivity index (χ1n) is 7.00. The maximum atomic E-state index is 12.1. The fourth-order valence-electron chi connectivity index (χ4n) is 2.61. The standard InChI is InChI=1S/C14H23N3O2/c1-9(2)13-8-12(16-17(13)3)14(19)15-10-4-6-11(18)7-5-10/h8-11,18H,4-7H2,1-3H3,(H,15,19). The molecule has 0 aliphatic heterocycles. The van der Waals surface area contributed by atoms with E-state index in [-0.39, 0.29) is 18.1 Å². The SMILES string of the molecule is CC(C)c1cc(C(=O)NC2CCC(O)CC2)nn1C. The van der Waals surface area contributed by atoms with Crippen molar-refractivity contribution in [1.82, 2.24) is 15.1 Å². The van der Waals surface area contributed by atoms with Crippen LogP contribution in [0.1, 0.15) is 61.6 Å². The Morgan fingerprint density at radius 3 is 2.58 bits per heavy atom. The summed E-state index contributed by atoms with van der Waals surface area (Å²) in [7, 11) is 1.86. The molecule has 19 heavy (non-hydrogen) atoms. The Kier molecular flexibility index (Phi) is 4.24. The molecule has 0 unspecified atom stereocenters. The summed E-state index contributed by atoms with van der Waals surface area (Å²) >= 11 is 0. The molecule has 1 aromatic heterocycles. The van der Waals surface area contributed by atoms with Crippen molar-refractivity contribution < 1.29 is 9.90 Å². The largest absolute Gasteiger partial charge is 0.393 e. The first-order chi connectivity index (χ1) is 8.97. The highest BCUT2D eigenvalue weighted by Crippen LogP contribution is 2.19. The number of aromatic nitrogens is 2. The van der Waals surface area contributed by atoms with Crippen molar-refractivity contribution in [2.24, 2.45) is 7.05 Å². The highest BCUT2D eigenvalue weighted by Gasteiger charge is 2.22. The maximum absolute atomic E-state index is 12.1. The van der Waals surface area contributed by atoms with Crippen LogP contribution in [-0.2, 0) is 7.05 Å². The van der Waals surface area contributed by atoms with Gasteiger partial charge in [0.1, 0.15) is 5.69 Å². The third-order valence-corrected chi connectivity index (χ3v) is 3.77. The van der Waals surface area contributed by atoms with Crippen LogP contribution in [0, 0.1) is 0 Å². The zero-order valence-corrected chi connectivity index (χ0v) is 11.9. The van der Waals surface area contributed by atoms with E-state index in [9.17, 15) is 9.90 Å². The predicted octanol–water partition coefficient (Wildman–Crippen LogP) is 1.58. The van der Waals surface area contributed by atoms with Gasteiger partial charge in [-0.05, 0) is 37.7 Å². The number of aliphatic hydroxyl groups excluding tert-OH is 1. The van der Waals surface area contributed by atoms with E-state index in [4.69, 9.17) is 0 Å². The van der Waals surface area contributed by atoms with E-state index in [0.29, 0.717) is 11.6 Å². The lowest BCUT2D eigenvalue weighted by Gasteiger charge is -2.25. The molecule has 1 aromatic rings. The molecule has 0 spiro atoms. The quantitative estimate of drug-likeness (QED) is 0.872. The average molecular weight is 265 g/mol. The maximum Gasteiger partial charge on any atom is 0.272 e. The van der Waals surface area contributed by atoms with Gasteiger partial charge in [-0.25, -0.2) is 0 Å². The second kappa shape index (κ2) is 5.74. The van der Waals surface area contributed by atoms with Crippen LogP contribution in [0.4, 0.5) is 0 Å². The van der Waals surface area contributed by atoms with E-state index in [1.165, 1.54) is 0 Å². The number of carbonyl (C=O) groups is 1. The van der Waals surface area contributed by atoms with Gasteiger partial charge in [-0.1, -0.05) is 13.8 Å². The van der Waals surface area contributed by atoms with Crippen LogP contribution in [0.2, 0.25) is 0 Å². The second-order valence-corrected chi connectivity index (χ2v) is 5.71. The van der Waals surface area contributed by atoms with E-state index in [0.717, 1.165) is 31.4 Å². The molecule has 0 bridgehead atoms. The summed E-state index contributed by atoms with van der Waals surface area (Å²) in [5, 5.41) is 16.7. The number of rotatable bonds is 3. The van der Waals surface area contributed by atoms with Gasteiger partial charge in [0.25, 0.3) is 5.91 Å². The van der Waals surface area contributed by atoms with Gasteiger partial charge >= 0.3 is 0 Å². The van der Waals surface area contributed by atoms with Crippen molar-refractivity contribution in [3.05, 3.63) is 17.5 Å². The van der Waals surface area contributed by atoms with Crippen LogP contribution in [-0.4, -0.2) is 32.9 Å². The van der Waals surface area contributed by atoms with Crippen molar-refractivity contribution in [2.45, 2.75) is 57.6 Å². The van der Waals surface area contributed by atoms with Crippen molar-refractivity contribution in [3.63, 3.8) is 0 Å². The second-order valence-electron chi connectivity index (χ2n) is 5.71. The van der Waals surface area contributed by atoms with Gasteiger partial charge in [-0.15, -0.1) is 0 Å². The Hall–Kier alpha value is -1.36. The molecule has 1 fully saturated rings. The lowest BCUT2D eigenvalue weighted by molar-refractivity contribution is 0.0862. The molecule has 1 saturated carbocycles. The summed E-state index contributed by atoms with van der Waals surface area (Å²) in [6, 6.07) is 2.03. The molecule has 1 amide bonds. The van der Waals surface area contributed by atoms with Gasteiger partial charge < -0.3 is 10.4 Å². The molecule has 0 saturated heterocycles.